The van der Waals surface area contributed by atoms with Gasteiger partial charge in [-0.25, -0.2) is 4.98 Å². The standard InChI is InChI=1S/C24H20ClN3O/c25-22-11-9-19(10-12-22)18-5-7-21(8-6-18)24(29)27-14-13-20-3-1-2-4-23(20)28-16-15-26-17-28/h1-12,15-17H,13-14H2,(H,27,29). The first-order valence-corrected chi connectivity index (χ1v) is 9.79. The zero-order valence-corrected chi connectivity index (χ0v) is 16.5. The van der Waals surface area contributed by atoms with Crippen molar-refractivity contribution in [1.82, 2.24) is 14.9 Å². The van der Waals surface area contributed by atoms with E-state index in [1.807, 2.05) is 77.5 Å². The van der Waals surface area contributed by atoms with E-state index in [0.717, 1.165) is 28.8 Å². The Morgan fingerprint density at radius 2 is 1.62 bits per heavy atom. The molecule has 0 saturated heterocycles. The van der Waals surface area contributed by atoms with Gasteiger partial charge in [0.2, 0.25) is 0 Å². The van der Waals surface area contributed by atoms with Crippen LogP contribution in [0.1, 0.15) is 15.9 Å². The third kappa shape index (κ3) is 4.55. The lowest BCUT2D eigenvalue weighted by Crippen LogP contribution is -2.25. The van der Waals surface area contributed by atoms with Crippen LogP contribution in [0, 0.1) is 0 Å². The molecule has 5 heteroatoms. The highest BCUT2D eigenvalue weighted by Gasteiger charge is 2.08. The molecule has 0 bridgehead atoms. The van der Waals surface area contributed by atoms with Crippen molar-refractivity contribution in [2.24, 2.45) is 0 Å². The molecule has 1 aromatic heterocycles. The molecule has 0 aliphatic heterocycles. The van der Waals surface area contributed by atoms with Gasteiger partial charge in [-0.2, -0.15) is 0 Å². The van der Waals surface area contributed by atoms with Gasteiger partial charge in [-0.1, -0.05) is 54.1 Å². The molecule has 0 fully saturated rings. The second kappa shape index (κ2) is 8.76. The highest BCUT2D eigenvalue weighted by atomic mass is 35.5. The van der Waals surface area contributed by atoms with Gasteiger partial charge in [-0.05, 0) is 53.4 Å². The van der Waals surface area contributed by atoms with Crippen LogP contribution in [0.2, 0.25) is 5.02 Å². The summed E-state index contributed by atoms with van der Waals surface area (Å²) in [5.41, 5.74) is 4.99. The van der Waals surface area contributed by atoms with Gasteiger partial charge >= 0.3 is 0 Å². The minimum Gasteiger partial charge on any atom is -0.352 e. The SMILES string of the molecule is O=C(NCCc1ccccc1-n1ccnc1)c1ccc(-c2ccc(Cl)cc2)cc1. The summed E-state index contributed by atoms with van der Waals surface area (Å²) >= 11 is 5.94. The third-order valence-corrected chi connectivity index (χ3v) is 5.03. The normalized spacial score (nSPS) is 10.7. The average Bonchev–Trinajstić information content (AvgIpc) is 3.29. The first kappa shape index (κ1) is 19.0. The van der Waals surface area contributed by atoms with Gasteiger partial charge in [0.05, 0.1) is 6.33 Å². The van der Waals surface area contributed by atoms with Gasteiger partial charge in [-0.15, -0.1) is 0 Å². The molecular formula is C24H20ClN3O. The lowest BCUT2D eigenvalue weighted by Gasteiger charge is -2.11. The largest absolute Gasteiger partial charge is 0.352 e. The number of hydrogen-bond donors (Lipinski definition) is 1. The van der Waals surface area contributed by atoms with Gasteiger partial charge in [0, 0.05) is 35.2 Å². The second-order valence-electron chi connectivity index (χ2n) is 6.69. The molecule has 3 aromatic carbocycles. The van der Waals surface area contributed by atoms with Crippen molar-refractivity contribution in [3.05, 3.63) is 108 Å². The highest BCUT2D eigenvalue weighted by molar-refractivity contribution is 6.30. The van der Waals surface area contributed by atoms with E-state index in [1.54, 1.807) is 12.5 Å². The number of para-hydroxylation sites is 1. The lowest BCUT2D eigenvalue weighted by molar-refractivity contribution is 0.0954. The Morgan fingerprint density at radius 1 is 0.931 bits per heavy atom. The van der Waals surface area contributed by atoms with Crippen LogP contribution in [0.25, 0.3) is 16.8 Å². The summed E-state index contributed by atoms with van der Waals surface area (Å²) in [5, 5.41) is 3.71. The van der Waals surface area contributed by atoms with E-state index >= 15 is 0 Å². The summed E-state index contributed by atoms with van der Waals surface area (Å²) in [6.45, 7) is 0.559. The first-order chi connectivity index (χ1) is 14.2. The molecule has 0 aliphatic carbocycles. The average molecular weight is 402 g/mol. The monoisotopic (exact) mass is 401 g/mol. The molecule has 0 spiro atoms. The van der Waals surface area contributed by atoms with Crippen LogP contribution in [0.5, 0.6) is 0 Å². The molecule has 1 heterocycles. The Kier molecular flexibility index (Phi) is 5.73. The zero-order valence-electron chi connectivity index (χ0n) is 15.8. The molecule has 0 aliphatic rings. The molecular weight excluding hydrogens is 382 g/mol. The first-order valence-electron chi connectivity index (χ1n) is 9.41. The van der Waals surface area contributed by atoms with E-state index < -0.39 is 0 Å². The fraction of sp³-hybridized carbons (Fsp3) is 0.0833. The van der Waals surface area contributed by atoms with Gasteiger partial charge in [-0.3, -0.25) is 4.79 Å². The number of nitrogens with zero attached hydrogens (tertiary/aromatic N) is 2. The summed E-state index contributed by atoms with van der Waals surface area (Å²) in [7, 11) is 0. The maximum atomic E-state index is 12.5. The van der Waals surface area contributed by atoms with Gasteiger partial charge in [0.25, 0.3) is 5.91 Å². The zero-order chi connectivity index (χ0) is 20.1. The Labute approximate surface area is 174 Å². The molecule has 0 saturated carbocycles. The van der Waals surface area contributed by atoms with E-state index in [2.05, 4.69) is 16.4 Å². The van der Waals surface area contributed by atoms with Crippen LogP contribution in [0.4, 0.5) is 0 Å². The maximum Gasteiger partial charge on any atom is 0.251 e. The predicted molar refractivity (Wildman–Crippen MR) is 116 cm³/mol. The van der Waals surface area contributed by atoms with Crippen LogP contribution in [0.15, 0.2) is 91.5 Å². The molecule has 0 radical (unpaired) electrons. The highest BCUT2D eigenvalue weighted by Crippen LogP contribution is 2.22. The summed E-state index contributed by atoms with van der Waals surface area (Å²) < 4.78 is 1.98. The van der Waals surface area contributed by atoms with Crippen molar-refractivity contribution in [3.63, 3.8) is 0 Å². The van der Waals surface area contributed by atoms with Crippen molar-refractivity contribution in [3.8, 4) is 16.8 Å². The van der Waals surface area contributed by atoms with E-state index in [9.17, 15) is 4.79 Å². The summed E-state index contributed by atoms with van der Waals surface area (Å²) in [6, 6.07) is 23.4. The number of benzene rings is 3. The Hall–Kier alpha value is -3.37. The molecule has 0 unspecified atom stereocenters. The van der Waals surface area contributed by atoms with Gasteiger partial charge in [0.1, 0.15) is 0 Å². The smallest absolute Gasteiger partial charge is 0.251 e. The minimum absolute atomic E-state index is 0.0761. The van der Waals surface area contributed by atoms with Crippen molar-refractivity contribution in [2.75, 3.05) is 6.54 Å². The molecule has 1 amide bonds. The van der Waals surface area contributed by atoms with Crippen LogP contribution in [-0.2, 0) is 6.42 Å². The van der Waals surface area contributed by atoms with Crippen molar-refractivity contribution in [2.45, 2.75) is 6.42 Å². The molecule has 144 valence electrons. The summed E-state index contributed by atoms with van der Waals surface area (Å²) in [5.74, 6) is -0.0761. The summed E-state index contributed by atoms with van der Waals surface area (Å²) in [6.07, 6.45) is 6.19. The Balaban J connectivity index is 1.38. The van der Waals surface area contributed by atoms with Crippen LogP contribution < -0.4 is 5.32 Å². The molecule has 0 atom stereocenters. The van der Waals surface area contributed by atoms with Gasteiger partial charge < -0.3 is 9.88 Å². The Morgan fingerprint density at radius 3 is 2.31 bits per heavy atom. The number of aromatic nitrogens is 2. The van der Waals surface area contributed by atoms with E-state index in [-0.39, 0.29) is 5.91 Å². The molecule has 29 heavy (non-hydrogen) atoms. The van der Waals surface area contributed by atoms with Crippen molar-refractivity contribution in [1.29, 1.82) is 0 Å². The van der Waals surface area contributed by atoms with Crippen LogP contribution in [0.3, 0.4) is 0 Å². The van der Waals surface area contributed by atoms with Crippen molar-refractivity contribution < 1.29 is 4.79 Å². The van der Waals surface area contributed by atoms with E-state index in [0.29, 0.717) is 17.1 Å². The fourth-order valence-corrected chi connectivity index (χ4v) is 3.37. The van der Waals surface area contributed by atoms with Crippen molar-refractivity contribution >= 4 is 17.5 Å². The quantitative estimate of drug-likeness (QED) is 0.484. The fourth-order valence-electron chi connectivity index (χ4n) is 3.24. The van der Waals surface area contributed by atoms with E-state index in [4.69, 9.17) is 11.6 Å². The molecule has 1 N–H and O–H groups in total. The number of halogens is 1. The predicted octanol–water partition coefficient (Wildman–Crippen LogP) is 5.17. The molecule has 4 nitrogen and oxygen atoms in total. The molecule has 4 aromatic rings. The van der Waals surface area contributed by atoms with Gasteiger partial charge in [0.15, 0.2) is 0 Å². The number of carbonyl (C=O) groups excluding carboxylic acids is 1. The number of rotatable bonds is 6. The number of hydrogen-bond acceptors (Lipinski definition) is 2. The number of nitrogens with one attached hydrogen (secondary N) is 1. The third-order valence-electron chi connectivity index (χ3n) is 4.78. The van der Waals surface area contributed by atoms with E-state index in [1.165, 1.54) is 0 Å². The van der Waals surface area contributed by atoms with Crippen LogP contribution >= 0.6 is 11.6 Å². The maximum absolute atomic E-state index is 12.5. The minimum atomic E-state index is -0.0761. The lowest BCUT2D eigenvalue weighted by atomic mass is 10.0. The number of imidazole rings is 1. The number of amides is 1. The van der Waals surface area contributed by atoms with Crippen LogP contribution in [-0.4, -0.2) is 22.0 Å². The Bertz CT molecular complexity index is 1090. The number of carbonyl (C=O) groups is 1. The topological polar surface area (TPSA) is 46.9 Å². The molecule has 4 rings (SSSR count). The second-order valence-corrected chi connectivity index (χ2v) is 7.13. The summed E-state index contributed by atoms with van der Waals surface area (Å²) in [4.78, 5) is 16.6.